The van der Waals surface area contributed by atoms with Crippen molar-refractivity contribution in [2.45, 2.75) is 50.9 Å². The molecule has 11 nitrogen and oxygen atoms in total. The van der Waals surface area contributed by atoms with Gasteiger partial charge in [0.25, 0.3) is 0 Å². The summed E-state index contributed by atoms with van der Waals surface area (Å²) >= 11 is 14.1. The number of pyridine rings is 1. The molecule has 2 aromatic carbocycles. The van der Waals surface area contributed by atoms with E-state index in [1.54, 1.807) is 19.5 Å². The van der Waals surface area contributed by atoms with E-state index in [0.29, 0.717) is 66.2 Å². The van der Waals surface area contributed by atoms with Crippen molar-refractivity contribution in [1.29, 1.82) is 0 Å². The van der Waals surface area contributed by atoms with E-state index in [2.05, 4.69) is 36.2 Å². The van der Waals surface area contributed by atoms with Crippen LogP contribution in [0.25, 0.3) is 39.3 Å². The van der Waals surface area contributed by atoms with Crippen LogP contribution in [0.3, 0.4) is 0 Å². The summed E-state index contributed by atoms with van der Waals surface area (Å²) in [6, 6.07) is 13.9. The number of carbonyl (C=O) groups is 2. The second-order valence-electron chi connectivity index (χ2n) is 12.4. The summed E-state index contributed by atoms with van der Waals surface area (Å²) in [6.07, 6.45) is 10.2. The molecule has 4 N–H and O–H groups in total. The molecule has 2 aliphatic rings. The Bertz CT molecular complexity index is 2030. The molecule has 0 saturated carbocycles. The van der Waals surface area contributed by atoms with Gasteiger partial charge in [0.1, 0.15) is 5.75 Å². The number of ether oxygens (including phenoxy) is 1. The molecule has 2 atom stereocenters. The SMILES string of the molecule is COc1cc(-c2nccc(-c3cccc(-c4cn5cc(CNC[C@H]6CCC(=O)N6)nc5cn4)c3Cl)c2Cl)ccc1CNC[C@@H]1CCC(=O)N1. The van der Waals surface area contributed by atoms with Crippen molar-refractivity contribution in [3.63, 3.8) is 0 Å². The first-order chi connectivity index (χ1) is 23.9. The fourth-order valence-corrected chi connectivity index (χ4v) is 7.07. The minimum atomic E-state index is 0.105. The minimum absolute atomic E-state index is 0.105. The van der Waals surface area contributed by atoms with Gasteiger partial charge in [-0.05, 0) is 25.0 Å². The maximum absolute atomic E-state index is 11.5. The van der Waals surface area contributed by atoms with Gasteiger partial charge in [-0.25, -0.2) is 4.98 Å². The summed E-state index contributed by atoms with van der Waals surface area (Å²) in [7, 11) is 1.64. The molecule has 252 valence electrons. The maximum atomic E-state index is 11.5. The van der Waals surface area contributed by atoms with Crippen LogP contribution in [0.5, 0.6) is 5.75 Å². The molecule has 2 fully saturated rings. The zero-order valence-electron chi connectivity index (χ0n) is 26.9. The lowest BCUT2D eigenvalue weighted by atomic mass is 9.99. The van der Waals surface area contributed by atoms with Gasteiger partial charge in [0.05, 0.1) is 40.4 Å². The number of rotatable bonds is 12. The van der Waals surface area contributed by atoms with Crippen LogP contribution >= 0.6 is 23.2 Å². The van der Waals surface area contributed by atoms with E-state index in [-0.39, 0.29) is 23.9 Å². The number of hydrogen-bond donors (Lipinski definition) is 4. The lowest BCUT2D eigenvalue weighted by Crippen LogP contribution is -2.35. The van der Waals surface area contributed by atoms with Crippen molar-refractivity contribution in [2.75, 3.05) is 20.2 Å². The van der Waals surface area contributed by atoms with Crippen LogP contribution in [0.15, 0.2) is 67.3 Å². The van der Waals surface area contributed by atoms with Crippen molar-refractivity contribution in [3.05, 3.63) is 88.6 Å². The second-order valence-corrected chi connectivity index (χ2v) is 13.1. The van der Waals surface area contributed by atoms with Crippen molar-refractivity contribution in [2.24, 2.45) is 0 Å². The summed E-state index contributed by atoms with van der Waals surface area (Å²) in [5.74, 6) is 0.927. The molecule has 5 aromatic rings. The maximum Gasteiger partial charge on any atom is 0.220 e. The van der Waals surface area contributed by atoms with Crippen LogP contribution in [0.2, 0.25) is 10.0 Å². The average molecular weight is 700 g/mol. The third-order valence-electron chi connectivity index (χ3n) is 8.98. The first kappa shape index (κ1) is 33.0. The number of amides is 2. The zero-order chi connectivity index (χ0) is 33.9. The van der Waals surface area contributed by atoms with Crippen LogP contribution in [0.1, 0.15) is 36.9 Å². The highest BCUT2D eigenvalue weighted by atomic mass is 35.5. The number of aromatic nitrogens is 4. The van der Waals surface area contributed by atoms with Gasteiger partial charge in [-0.2, -0.15) is 0 Å². The van der Waals surface area contributed by atoms with Crippen molar-refractivity contribution in [1.82, 2.24) is 40.6 Å². The number of hydrogen-bond acceptors (Lipinski definition) is 8. The molecule has 2 amide bonds. The van der Waals surface area contributed by atoms with E-state index in [1.807, 2.05) is 59.3 Å². The number of carbonyl (C=O) groups excluding carboxylic acids is 2. The van der Waals surface area contributed by atoms with E-state index in [9.17, 15) is 9.59 Å². The minimum Gasteiger partial charge on any atom is -0.496 e. The van der Waals surface area contributed by atoms with Crippen molar-refractivity contribution >= 4 is 40.7 Å². The first-order valence-electron chi connectivity index (χ1n) is 16.3. The molecule has 2 aliphatic heterocycles. The highest BCUT2D eigenvalue weighted by molar-refractivity contribution is 6.39. The number of nitrogens with zero attached hydrogens (tertiary/aromatic N) is 4. The Balaban J connectivity index is 1.09. The van der Waals surface area contributed by atoms with E-state index in [0.717, 1.165) is 52.0 Å². The van der Waals surface area contributed by atoms with Gasteiger partial charge in [-0.1, -0.05) is 53.5 Å². The molecule has 7 rings (SSSR count). The standard InChI is InChI=1S/C36H36Cl2N8O3/c1-49-30-13-21(5-6-22(30)14-39-15-23-7-9-32(47)44-23)36-35(38)27(11-12-41-36)26-3-2-4-28(34(26)37)29-20-46-19-25(43-31(46)18-42-29)17-40-16-24-8-10-33(48)45-24/h2-6,11-13,18-20,23-24,39-40H,7-10,14-17H2,1H3,(H,44,47)(H,45,48)/t23-,24+/m0/s1. The molecule has 49 heavy (non-hydrogen) atoms. The topological polar surface area (TPSA) is 135 Å². The van der Waals surface area contributed by atoms with E-state index in [1.165, 1.54) is 0 Å². The summed E-state index contributed by atoms with van der Waals surface area (Å²) in [5.41, 5.74) is 6.98. The third-order valence-corrected chi connectivity index (χ3v) is 9.77. The summed E-state index contributed by atoms with van der Waals surface area (Å²) in [5, 5.41) is 13.7. The molecule has 0 spiro atoms. The predicted octanol–water partition coefficient (Wildman–Crippen LogP) is 5.18. The predicted molar refractivity (Wildman–Crippen MR) is 189 cm³/mol. The highest BCUT2D eigenvalue weighted by Gasteiger charge is 2.22. The molecule has 0 radical (unpaired) electrons. The van der Waals surface area contributed by atoms with Gasteiger partial charge in [-0.3, -0.25) is 19.6 Å². The van der Waals surface area contributed by atoms with Gasteiger partial charge in [-0.15, -0.1) is 0 Å². The fraction of sp³-hybridized carbons (Fsp3) is 0.306. The first-order valence-corrected chi connectivity index (χ1v) is 17.1. The van der Waals surface area contributed by atoms with Crippen LogP contribution in [0, 0.1) is 0 Å². The molecule has 0 aliphatic carbocycles. The smallest absolute Gasteiger partial charge is 0.220 e. The Kier molecular flexibility index (Phi) is 9.77. The number of fused-ring (bicyclic) bond motifs is 1. The largest absolute Gasteiger partial charge is 0.496 e. The Morgan fingerprint density at radius 2 is 1.59 bits per heavy atom. The van der Waals surface area contributed by atoms with Gasteiger partial charge >= 0.3 is 0 Å². The Hall–Kier alpha value is -4.55. The van der Waals surface area contributed by atoms with Crippen molar-refractivity contribution < 1.29 is 14.3 Å². The zero-order valence-corrected chi connectivity index (χ0v) is 28.4. The normalized spacial score (nSPS) is 17.4. The number of imidazole rings is 1. The molecule has 13 heteroatoms. The van der Waals surface area contributed by atoms with E-state index in [4.69, 9.17) is 27.9 Å². The van der Waals surface area contributed by atoms with Crippen LogP contribution < -0.4 is 26.0 Å². The monoisotopic (exact) mass is 698 g/mol. The Morgan fingerprint density at radius 3 is 2.31 bits per heavy atom. The number of halogens is 2. The molecule has 5 heterocycles. The van der Waals surface area contributed by atoms with Crippen LogP contribution in [0.4, 0.5) is 0 Å². The molecule has 0 unspecified atom stereocenters. The Morgan fingerprint density at radius 1 is 0.878 bits per heavy atom. The molecule has 0 bridgehead atoms. The number of benzene rings is 2. The second kappa shape index (κ2) is 14.5. The number of methoxy groups -OCH3 is 1. The lowest BCUT2D eigenvalue weighted by Gasteiger charge is -2.16. The quantitative estimate of drug-likeness (QED) is 0.140. The van der Waals surface area contributed by atoms with Gasteiger partial charge in [0.15, 0.2) is 5.65 Å². The Labute approximate surface area is 293 Å². The molecule has 3 aromatic heterocycles. The lowest BCUT2D eigenvalue weighted by molar-refractivity contribution is -0.120. The van der Waals surface area contributed by atoms with E-state index < -0.39 is 0 Å². The molecule has 2 saturated heterocycles. The highest BCUT2D eigenvalue weighted by Crippen LogP contribution is 2.42. The summed E-state index contributed by atoms with van der Waals surface area (Å²) < 4.78 is 7.67. The van der Waals surface area contributed by atoms with E-state index >= 15 is 0 Å². The fourth-order valence-electron chi connectivity index (χ4n) is 6.42. The van der Waals surface area contributed by atoms with Gasteiger partial charge in [0.2, 0.25) is 11.8 Å². The van der Waals surface area contributed by atoms with Gasteiger partial charge in [0, 0.05) is 97.5 Å². The van der Waals surface area contributed by atoms with Crippen LogP contribution in [-0.2, 0) is 22.7 Å². The summed E-state index contributed by atoms with van der Waals surface area (Å²) in [4.78, 5) is 37.0. The summed E-state index contributed by atoms with van der Waals surface area (Å²) in [6.45, 7) is 2.57. The van der Waals surface area contributed by atoms with Gasteiger partial charge < -0.3 is 30.4 Å². The molecular weight excluding hydrogens is 663 g/mol. The third kappa shape index (κ3) is 7.25. The number of nitrogens with one attached hydrogen (secondary N) is 4. The average Bonchev–Trinajstić information content (AvgIpc) is 3.84. The van der Waals surface area contributed by atoms with Crippen LogP contribution in [-0.4, -0.2) is 63.4 Å². The molecular formula is C36H36Cl2N8O3. The van der Waals surface area contributed by atoms with Crippen molar-refractivity contribution in [3.8, 4) is 39.4 Å².